The van der Waals surface area contributed by atoms with Gasteiger partial charge in [-0.15, -0.1) is 0 Å². The Bertz CT molecular complexity index is 792. The van der Waals surface area contributed by atoms with Crippen molar-refractivity contribution >= 4 is 78.1 Å². The molecule has 0 aliphatic carbocycles. The molecule has 0 spiro atoms. The topological polar surface area (TPSA) is 64.6 Å². The summed E-state index contributed by atoms with van der Waals surface area (Å²) in [5, 5.41) is 1.67. The van der Waals surface area contributed by atoms with Gasteiger partial charge >= 0.3 is 5.97 Å². The van der Waals surface area contributed by atoms with E-state index < -0.39 is 11.0 Å². The van der Waals surface area contributed by atoms with Crippen molar-refractivity contribution in [3.63, 3.8) is 0 Å². The molecule has 1 saturated heterocycles. The summed E-state index contributed by atoms with van der Waals surface area (Å²) in [6.45, 7) is 1.83. The number of esters is 1. The van der Waals surface area contributed by atoms with Crippen LogP contribution in [0.3, 0.4) is 0 Å². The summed E-state index contributed by atoms with van der Waals surface area (Å²) in [6, 6.07) is 5.37. The molecule has 132 valence electrons. The Balaban J connectivity index is 2.28. The van der Waals surface area contributed by atoms with E-state index in [2.05, 4.69) is 41.9 Å². The number of nitrogens with one attached hydrogen (secondary N) is 1. The fraction of sp³-hybridized carbons (Fsp3) is 0.188. The summed E-state index contributed by atoms with van der Waals surface area (Å²) in [5.74, 6) is -0.249. The molecule has 2 rings (SSSR count). The minimum Gasteiger partial charge on any atom is -0.467 e. The predicted octanol–water partition coefficient (Wildman–Crippen LogP) is 4.16. The third-order valence-electron chi connectivity index (χ3n) is 3.08. The molecule has 0 aromatic heterocycles. The van der Waals surface area contributed by atoms with Crippen LogP contribution in [0.4, 0.5) is 0 Å². The second kappa shape index (κ2) is 8.98. The highest BCUT2D eigenvalue weighted by Gasteiger charge is 2.23. The number of carbonyl (C=O) groups excluding carboxylic acids is 2. The molecule has 25 heavy (non-hydrogen) atoms. The third-order valence-corrected chi connectivity index (χ3v) is 5.48. The van der Waals surface area contributed by atoms with Crippen LogP contribution in [0.25, 0.3) is 6.08 Å². The summed E-state index contributed by atoms with van der Waals surface area (Å²) in [6.07, 6.45) is 3.60. The quantitative estimate of drug-likeness (QED) is 0.280. The maximum absolute atomic E-state index is 11.8. The summed E-state index contributed by atoms with van der Waals surface area (Å²) < 4.78 is 11.5. The third kappa shape index (κ3) is 5.40. The molecule has 1 aromatic rings. The van der Waals surface area contributed by atoms with Crippen molar-refractivity contribution in [1.82, 2.24) is 5.32 Å². The zero-order valence-electron chi connectivity index (χ0n) is 13.2. The van der Waals surface area contributed by atoms with Crippen LogP contribution in [0.1, 0.15) is 12.5 Å². The van der Waals surface area contributed by atoms with E-state index in [1.165, 1.54) is 18.9 Å². The van der Waals surface area contributed by atoms with Crippen molar-refractivity contribution in [2.24, 2.45) is 0 Å². The monoisotopic (exact) mass is 505 g/mol. The van der Waals surface area contributed by atoms with E-state index in [4.69, 9.17) is 17.0 Å². The lowest BCUT2D eigenvalue weighted by atomic mass is 10.1. The first-order valence-corrected chi connectivity index (χ1v) is 9.85. The average molecular weight is 507 g/mol. The summed E-state index contributed by atoms with van der Waals surface area (Å²) in [5.41, 5.74) is 1.50. The van der Waals surface area contributed by atoms with E-state index in [0.717, 1.165) is 15.6 Å². The second-order valence-corrected chi connectivity index (χ2v) is 8.26. The smallest absolute Gasteiger partial charge is 0.358 e. The largest absolute Gasteiger partial charge is 0.467 e. The van der Waals surface area contributed by atoms with Gasteiger partial charge in [0.2, 0.25) is 5.01 Å². The lowest BCUT2D eigenvalue weighted by molar-refractivity contribution is -0.144. The molecule has 1 atom stereocenters. The number of methoxy groups -OCH3 is 1. The van der Waals surface area contributed by atoms with Crippen LogP contribution in [-0.2, 0) is 14.3 Å². The van der Waals surface area contributed by atoms with Gasteiger partial charge in [0.15, 0.2) is 0 Å². The van der Waals surface area contributed by atoms with Gasteiger partial charge < -0.3 is 14.8 Å². The van der Waals surface area contributed by atoms with Gasteiger partial charge in [-0.2, -0.15) is 0 Å². The highest BCUT2D eigenvalue weighted by atomic mass is 79.9. The number of thiocarbonyl (C=S) groups is 1. The average Bonchev–Trinajstić information content (AvgIpc) is 2.92. The van der Waals surface area contributed by atoms with Crippen LogP contribution in [-0.4, -0.2) is 28.3 Å². The van der Waals surface area contributed by atoms with Crippen molar-refractivity contribution in [2.45, 2.75) is 11.9 Å². The number of benzene rings is 1. The number of rotatable bonds is 5. The van der Waals surface area contributed by atoms with E-state index in [0.29, 0.717) is 15.0 Å². The Kier molecular flexibility index (Phi) is 7.24. The Morgan fingerprint density at radius 3 is 2.76 bits per heavy atom. The van der Waals surface area contributed by atoms with E-state index in [1.807, 2.05) is 13.0 Å². The lowest BCUT2D eigenvalue weighted by Gasteiger charge is -2.13. The van der Waals surface area contributed by atoms with Gasteiger partial charge in [-0.05, 0) is 46.6 Å². The Hall–Kier alpha value is -1.16. The molecule has 0 saturated carbocycles. The highest BCUT2D eigenvalue weighted by Crippen LogP contribution is 2.30. The van der Waals surface area contributed by atoms with Crippen molar-refractivity contribution in [1.29, 1.82) is 0 Å². The fourth-order valence-electron chi connectivity index (χ4n) is 1.87. The molecule has 1 N–H and O–H groups in total. The van der Waals surface area contributed by atoms with Gasteiger partial charge in [-0.3, -0.25) is 4.79 Å². The fourth-order valence-corrected chi connectivity index (χ4v) is 3.68. The van der Waals surface area contributed by atoms with Gasteiger partial charge in [0.1, 0.15) is 10.1 Å². The molecule has 1 fully saturated rings. The standard InChI is InChI=1S/C16H13Br2NO4S2/c1-8(12-14(20)19-16(24)25-12)3-4-9-7-10(17)5-6-11(9)23-13(18)15(21)22-2/h3-7,13H,1-2H3,(H,19,20,24). The first kappa shape index (κ1) is 20.2. The maximum Gasteiger partial charge on any atom is 0.358 e. The van der Waals surface area contributed by atoms with Crippen LogP contribution in [0.5, 0.6) is 5.75 Å². The van der Waals surface area contributed by atoms with Gasteiger partial charge in [-0.1, -0.05) is 52.1 Å². The summed E-state index contributed by atoms with van der Waals surface area (Å²) >= 11 is 12.8. The summed E-state index contributed by atoms with van der Waals surface area (Å²) in [7, 11) is 1.28. The van der Waals surface area contributed by atoms with Crippen molar-refractivity contribution in [2.75, 3.05) is 7.11 Å². The molecule has 0 radical (unpaired) electrons. The molecule has 0 bridgehead atoms. The van der Waals surface area contributed by atoms with Crippen LogP contribution in [0.15, 0.2) is 39.2 Å². The van der Waals surface area contributed by atoms with Gasteiger partial charge in [-0.25, -0.2) is 4.79 Å². The molecule has 1 amide bonds. The Labute approximate surface area is 171 Å². The Morgan fingerprint density at radius 2 is 2.16 bits per heavy atom. The van der Waals surface area contributed by atoms with Gasteiger partial charge in [0.25, 0.3) is 5.91 Å². The Morgan fingerprint density at radius 1 is 1.44 bits per heavy atom. The lowest BCUT2D eigenvalue weighted by Crippen LogP contribution is -2.22. The maximum atomic E-state index is 11.8. The molecule has 1 aliphatic heterocycles. The van der Waals surface area contributed by atoms with Gasteiger partial charge in [0, 0.05) is 10.0 Å². The molecule has 1 heterocycles. The zero-order chi connectivity index (χ0) is 18.6. The van der Waals surface area contributed by atoms with Gasteiger partial charge in [0.05, 0.1) is 12.0 Å². The van der Waals surface area contributed by atoms with Crippen LogP contribution in [0, 0.1) is 0 Å². The van der Waals surface area contributed by atoms with Crippen molar-refractivity contribution in [3.05, 3.63) is 44.8 Å². The van der Waals surface area contributed by atoms with Crippen molar-refractivity contribution in [3.8, 4) is 5.75 Å². The van der Waals surface area contributed by atoms with Crippen molar-refractivity contribution < 1.29 is 19.1 Å². The molecule has 1 aromatic carbocycles. The highest BCUT2D eigenvalue weighted by molar-refractivity contribution is 9.10. The molecule has 1 unspecified atom stereocenters. The number of hydrogen-bond donors (Lipinski definition) is 1. The van der Waals surface area contributed by atoms with Crippen LogP contribution in [0.2, 0.25) is 0 Å². The number of ether oxygens (including phenoxy) is 2. The predicted molar refractivity (Wildman–Crippen MR) is 110 cm³/mol. The number of halogens is 2. The van der Waals surface area contributed by atoms with E-state index in [-0.39, 0.29) is 5.91 Å². The number of thioether (sulfide) groups is 1. The molecule has 1 aliphatic rings. The number of carbonyl (C=O) groups is 2. The molecular weight excluding hydrogens is 494 g/mol. The number of allylic oxidation sites excluding steroid dienone is 2. The number of alkyl halides is 1. The first-order chi connectivity index (χ1) is 11.8. The van der Waals surface area contributed by atoms with E-state index in [1.54, 1.807) is 24.3 Å². The SMILES string of the molecule is COC(=O)C(Br)Oc1ccc(Br)cc1C=CC(C)=C1SC(=S)NC1=O. The zero-order valence-corrected chi connectivity index (χ0v) is 18.0. The molecular formula is C16H13Br2NO4S2. The van der Waals surface area contributed by atoms with E-state index >= 15 is 0 Å². The minimum atomic E-state index is -0.918. The molecule has 5 nitrogen and oxygen atoms in total. The van der Waals surface area contributed by atoms with Crippen LogP contribution < -0.4 is 10.1 Å². The number of amides is 1. The minimum absolute atomic E-state index is 0.200. The van der Waals surface area contributed by atoms with Crippen LogP contribution >= 0.6 is 55.8 Å². The number of hydrogen-bond acceptors (Lipinski definition) is 6. The normalized spacial score (nSPS) is 17.4. The molecule has 9 heteroatoms. The first-order valence-electron chi connectivity index (χ1n) is 6.92. The summed E-state index contributed by atoms with van der Waals surface area (Å²) in [4.78, 5) is 23.9. The second-order valence-electron chi connectivity index (χ2n) is 4.83. The van der Waals surface area contributed by atoms with E-state index in [9.17, 15) is 9.59 Å².